The second-order valence-electron chi connectivity index (χ2n) is 3.76. The minimum atomic E-state index is -0.826. The second kappa shape index (κ2) is 7.26. The van der Waals surface area contributed by atoms with E-state index >= 15 is 0 Å². The summed E-state index contributed by atoms with van der Waals surface area (Å²) in [6, 6.07) is 10.9. The van der Waals surface area contributed by atoms with Gasteiger partial charge in [0.2, 0.25) is 0 Å². The zero-order chi connectivity index (χ0) is 12.1. The zero-order valence-electron chi connectivity index (χ0n) is 9.10. The molecule has 0 atom stereocenters. The van der Waals surface area contributed by atoms with E-state index in [1.54, 1.807) is 0 Å². The fraction of sp³-hybridized carbons (Fsp3) is 0.250. The molecule has 2 rings (SSSR count). The average molecular weight is 398 g/mol. The molecule has 0 radical (unpaired) electrons. The maximum atomic E-state index is 4.93. The summed E-state index contributed by atoms with van der Waals surface area (Å²) in [6.45, 7) is 4.45. The second-order valence-corrected chi connectivity index (χ2v) is 8.34. The number of hydrogen-bond acceptors (Lipinski definition) is 0. The van der Waals surface area contributed by atoms with Crippen molar-refractivity contribution in [3.8, 4) is 0 Å². The van der Waals surface area contributed by atoms with E-state index in [1.807, 2.05) is 0 Å². The predicted molar refractivity (Wildman–Crippen MR) is 73.0 cm³/mol. The van der Waals surface area contributed by atoms with Gasteiger partial charge in [0.1, 0.15) is 0 Å². The van der Waals surface area contributed by atoms with Crippen molar-refractivity contribution < 1.29 is 20.8 Å². The van der Waals surface area contributed by atoms with Gasteiger partial charge in [0.15, 0.2) is 0 Å². The average Bonchev–Trinajstić information content (AvgIpc) is 2.64. The van der Waals surface area contributed by atoms with Gasteiger partial charge in [-0.1, -0.05) is 35.8 Å². The first kappa shape index (κ1) is 14.8. The van der Waals surface area contributed by atoms with Gasteiger partial charge in [-0.3, -0.25) is 0 Å². The molecule has 0 aliphatic rings. The summed E-state index contributed by atoms with van der Waals surface area (Å²) >= 11 is 2.73. The number of fused-ring (bicyclic) bond motifs is 1. The van der Waals surface area contributed by atoms with Gasteiger partial charge in [-0.2, -0.15) is 6.07 Å². The molecule has 2 aromatic rings. The topological polar surface area (TPSA) is 0 Å². The Hall–Kier alpha value is 0.773. The SMILES string of the molecule is CC(C)c1cc2c(Br)cccc2[cH-]1.[Cl][Zr][Cl]. The van der Waals surface area contributed by atoms with Crippen LogP contribution in [0.2, 0.25) is 0 Å². The van der Waals surface area contributed by atoms with Crippen molar-refractivity contribution in [3.05, 3.63) is 40.4 Å². The molecule has 0 fully saturated rings. The molecule has 0 unspecified atom stereocenters. The summed E-state index contributed by atoms with van der Waals surface area (Å²) in [5.41, 5.74) is 1.42. The Balaban J connectivity index is 0.000000386. The van der Waals surface area contributed by atoms with Crippen LogP contribution >= 0.6 is 33.0 Å². The third-order valence-electron chi connectivity index (χ3n) is 2.39. The Morgan fingerprint density at radius 2 is 1.94 bits per heavy atom. The van der Waals surface area contributed by atoms with Crippen LogP contribution in [-0.4, -0.2) is 0 Å². The fourth-order valence-electron chi connectivity index (χ4n) is 1.55. The van der Waals surface area contributed by atoms with Crippen molar-refractivity contribution in [2.24, 2.45) is 0 Å². The molecule has 0 aliphatic heterocycles. The molecule has 0 amide bonds. The van der Waals surface area contributed by atoms with Gasteiger partial charge in [0, 0.05) is 0 Å². The van der Waals surface area contributed by atoms with Crippen LogP contribution in [0.1, 0.15) is 25.3 Å². The monoisotopic (exact) mass is 395 g/mol. The number of rotatable bonds is 1. The van der Waals surface area contributed by atoms with E-state index in [-0.39, 0.29) is 0 Å². The molecule has 86 valence electrons. The molecule has 0 nitrogen and oxygen atoms in total. The first-order valence-electron chi connectivity index (χ1n) is 4.91. The van der Waals surface area contributed by atoms with Gasteiger partial charge >= 0.3 is 37.9 Å². The molecule has 4 heteroatoms. The van der Waals surface area contributed by atoms with Gasteiger partial charge in [0.25, 0.3) is 0 Å². The summed E-state index contributed by atoms with van der Waals surface area (Å²) in [5, 5.41) is 2.66. The van der Waals surface area contributed by atoms with Crippen molar-refractivity contribution in [3.63, 3.8) is 0 Å². The van der Waals surface area contributed by atoms with Crippen LogP contribution < -0.4 is 0 Å². The number of hydrogen-bond donors (Lipinski definition) is 0. The molecular formula is C12H12BrCl2Zr-. The van der Waals surface area contributed by atoms with E-state index in [9.17, 15) is 0 Å². The Labute approximate surface area is 123 Å². The molecule has 16 heavy (non-hydrogen) atoms. The van der Waals surface area contributed by atoms with Gasteiger partial charge in [-0.25, -0.2) is 0 Å². The van der Waals surface area contributed by atoms with Crippen LogP contribution in [0.15, 0.2) is 34.8 Å². The Morgan fingerprint density at radius 1 is 1.31 bits per heavy atom. The maximum absolute atomic E-state index is 4.93. The first-order chi connectivity index (χ1) is 7.60. The summed E-state index contributed by atoms with van der Waals surface area (Å²) < 4.78 is 1.19. The van der Waals surface area contributed by atoms with Gasteiger partial charge in [-0.05, 0) is 10.4 Å². The molecular weight excluding hydrogens is 386 g/mol. The van der Waals surface area contributed by atoms with Crippen LogP contribution in [0.4, 0.5) is 0 Å². The van der Waals surface area contributed by atoms with Crippen LogP contribution in [0.25, 0.3) is 10.8 Å². The van der Waals surface area contributed by atoms with Crippen molar-refractivity contribution in [1.29, 1.82) is 0 Å². The third-order valence-corrected chi connectivity index (χ3v) is 3.08. The summed E-state index contributed by atoms with van der Waals surface area (Å²) in [5.74, 6) is 0.610. The molecule has 0 aromatic heterocycles. The quantitative estimate of drug-likeness (QED) is 0.531. The Kier molecular flexibility index (Phi) is 6.73. The van der Waals surface area contributed by atoms with Crippen LogP contribution in [-0.2, 0) is 20.8 Å². The molecule has 0 heterocycles. The van der Waals surface area contributed by atoms with E-state index in [0.29, 0.717) is 5.92 Å². The molecule has 0 bridgehead atoms. The van der Waals surface area contributed by atoms with Crippen LogP contribution in [0.3, 0.4) is 0 Å². The van der Waals surface area contributed by atoms with Crippen molar-refractivity contribution in [2.75, 3.05) is 0 Å². The summed E-state index contributed by atoms with van der Waals surface area (Å²) in [4.78, 5) is 0. The fourth-order valence-corrected chi connectivity index (χ4v) is 2.05. The molecule has 2 aromatic carbocycles. The molecule has 0 N–H and O–H groups in total. The Morgan fingerprint density at radius 3 is 2.44 bits per heavy atom. The van der Waals surface area contributed by atoms with E-state index in [1.165, 1.54) is 20.8 Å². The van der Waals surface area contributed by atoms with Crippen molar-refractivity contribution in [1.82, 2.24) is 0 Å². The van der Waals surface area contributed by atoms with Crippen molar-refractivity contribution in [2.45, 2.75) is 19.8 Å². The predicted octanol–water partition coefficient (Wildman–Crippen LogP) is 5.82. The molecule has 0 spiro atoms. The van der Waals surface area contributed by atoms with Gasteiger partial charge in [-0.15, -0.1) is 34.5 Å². The van der Waals surface area contributed by atoms with E-state index in [0.717, 1.165) is 0 Å². The zero-order valence-corrected chi connectivity index (χ0v) is 14.7. The Bertz CT molecular complexity index is 451. The minimum absolute atomic E-state index is 0.610. The number of benzene rings is 1. The third kappa shape index (κ3) is 3.91. The van der Waals surface area contributed by atoms with E-state index in [2.05, 4.69) is 60.1 Å². The van der Waals surface area contributed by atoms with Crippen LogP contribution in [0.5, 0.6) is 0 Å². The normalized spacial score (nSPS) is 10.1. The molecule has 0 saturated carbocycles. The summed E-state index contributed by atoms with van der Waals surface area (Å²) in [7, 11) is 9.87. The molecule has 0 aliphatic carbocycles. The molecule has 0 saturated heterocycles. The summed E-state index contributed by atoms with van der Waals surface area (Å²) in [6.07, 6.45) is 0. The van der Waals surface area contributed by atoms with Crippen molar-refractivity contribution >= 4 is 43.7 Å². The standard InChI is InChI=1S/C12H12Br.2ClH.Zr/c1-8(2)10-6-9-4-3-5-12(13)11(9)7-10;;;/h3-8H,1-2H3;2*1H;/q-1;;;+2/p-2. The van der Waals surface area contributed by atoms with E-state index in [4.69, 9.17) is 17.0 Å². The van der Waals surface area contributed by atoms with Gasteiger partial charge in [0.05, 0.1) is 0 Å². The number of halogens is 3. The van der Waals surface area contributed by atoms with Crippen LogP contribution in [0, 0.1) is 0 Å². The first-order valence-corrected chi connectivity index (χ1v) is 12.0. The van der Waals surface area contributed by atoms with E-state index < -0.39 is 20.8 Å². The van der Waals surface area contributed by atoms with Gasteiger partial charge < -0.3 is 0 Å².